The van der Waals surface area contributed by atoms with Crippen molar-refractivity contribution in [2.24, 2.45) is 0 Å². The Morgan fingerprint density at radius 1 is 1.21 bits per heavy atom. The van der Waals surface area contributed by atoms with E-state index in [2.05, 4.69) is 15.7 Å². The first kappa shape index (κ1) is 22.7. The maximum Gasteiger partial charge on any atom is 0.410 e. The van der Waals surface area contributed by atoms with Gasteiger partial charge < -0.3 is 20.5 Å². The summed E-state index contributed by atoms with van der Waals surface area (Å²) in [5.74, 6) is 0.0804. The van der Waals surface area contributed by atoms with Crippen LogP contribution < -0.4 is 15.4 Å². The van der Waals surface area contributed by atoms with Gasteiger partial charge in [0.2, 0.25) is 0 Å². The summed E-state index contributed by atoms with van der Waals surface area (Å²) < 4.78 is 47.5. The molecule has 1 aliphatic heterocycles. The van der Waals surface area contributed by atoms with Crippen LogP contribution in [0.15, 0.2) is 54.6 Å². The number of carbonyl (C=O) groups is 1. The van der Waals surface area contributed by atoms with Gasteiger partial charge in [0.1, 0.15) is 11.6 Å². The Labute approximate surface area is 188 Å². The van der Waals surface area contributed by atoms with E-state index in [1.807, 2.05) is 0 Å². The number of fused-ring (bicyclic) bond motifs is 1. The number of benzene rings is 2. The Morgan fingerprint density at radius 3 is 2.45 bits per heavy atom. The predicted molar refractivity (Wildman–Crippen MR) is 116 cm³/mol. The predicted octanol–water partition coefficient (Wildman–Crippen LogP) is 4.86. The molecule has 0 saturated heterocycles. The van der Waals surface area contributed by atoms with Crippen molar-refractivity contribution in [2.45, 2.75) is 37.7 Å². The van der Waals surface area contributed by atoms with E-state index in [1.54, 1.807) is 55.5 Å². The summed E-state index contributed by atoms with van der Waals surface area (Å²) in [6.07, 6.45) is -5.47. The van der Waals surface area contributed by atoms with Gasteiger partial charge in [0.05, 0.1) is 19.3 Å². The van der Waals surface area contributed by atoms with Crippen LogP contribution >= 0.6 is 0 Å². The fourth-order valence-corrected chi connectivity index (χ4v) is 3.78. The number of rotatable bonds is 5. The summed E-state index contributed by atoms with van der Waals surface area (Å²) >= 11 is 0. The SMILES string of the molecule is COc1ccc([C@H]2C[C@@H](C(F)(F)F)n3nc(C(=O)Nc4ccc([C@H](C)O)cc4)cc3N2)cc1. The van der Waals surface area contributed by atoms with Gasteiger partial charge in [-0.1, -0.05) is 24.3 Å². The molecule has 7 nitrogen and oxygen atoms in total. The first-order chi connectivity index (χ1) is 15.7. The van der Waals surface area contributed by atoms with E-state index in [1.165, 1.54) is 13.2 Å². The van der Waals surface area contributed by atoms with E-state index in [0.717, 1.165) is 4.68 Å². The zero-order chi connectivity index (χ0) is 23.8. The van der Waals surface area contributed by atoms with E-state index in [0.29, 0.717) is 22.6 Å². The first-order valence-corrected chi connectivity index (χ1v) is 10.3. The smallest absolute Gasteiger partial charge is 0.410 e. The minimum absolute atomic E-state index is 0.110. The van der Waals surface area contributed by atoms with Gasteiger partial charge in [-0.25, -0.2) is 4.68 Å². The zero-order valence-corrected chi connectivity index (χ0v) is 17.9. The molecule has 10 heteroatoms. The minimum Gasteiger partial charge on any atom is -0.497 e. The van der Waals surface area contributed by atoms with E-state index in [4.69, 9.17) is 4.74 Å². The summed E-state index contributed by atoms with van der Waals surface area (Å²) in [5.41, 5.74) is 1.64. The molecule has 0 fully saturated rings. The lowest BCUT2D eigenvalue weighted by molar-refractivity contribution is -0.173. The Kier molecular flexibility index (Phi) is 6.03. The van der Waals surface area contributed by atoms with Gasteiger partial charge in [-0.05, 0) is 42.3 Å². The normalized spacial score (nSPS) is 18.7. The molecule has 2 aromatic carbocycles. The highest BCUT2D eigenvalue weighted by Gasteiger charge is 2.46. The third kappa shape index (κ3) is 4.80. The largest absolute Gasteiger partial charge is 0.497 e. The molecular formula is C23H23F3N4O3. The van der Waals surface area contributed by atoms with Crippen LogP contribution in [-0.4, -0.2) is 34.1 Å². The van der Waals surface area contributed by atoms with Gasteiger partial charge >= 0.3 is 6.18 Å². The van der Waals surface area contributed by atoms with Crippen molar-refractivity contribution < 1.29 is 27.8 Å². The van der Waals surface area contributed by atoms with Gasteiger partial charge in [0, 0.05) is 18.2 Å². The molecular weight excluding hydrogens is 437 g/mol. The summed E-state index contributed by atoms with van der Waals surface area (Å²) in [5, 5.41) is 19.2. The molecule has 3 aromatic rings. The van der Waals surface area contributed by atoms with E-state index >= 15 is 0 Å². The minimum atomic E-state index is -4.54. The average Bonchev–Trinajstić information content (AvgIpc) is 3.22. The van der Waals surface area contributed by atoms with Crippen LogP contribution in [-0.2, 0) is 0 Å². The molecule has 0 radical (unpaired) electrons. The second-order valence-electron chi connectivity index (χ2n) is 7.87. The number of aliphatic hydroxyl groups excluding tert-OH is 1. The molecule has 1 aliphatic rings. The summed E-state index contributed by atoms with van der Waals surface area (Å²) in [7, 11) is 1.51. The number of hydrogen-bond acceptors (Lipinski definition) is 5. The van der Waals surface area contributed by atoms with Crippen molar-refractivity contribution in [1.29, 1.82) is 0 Å². The number of halogens is 3. The van der Waals surface area contributed by atoms with Gasteiger partial charge in [-0.3, -0.25) is 4.79 Å². The number of aromatic nitrogens is 2. The number of alkyl halides is 3. The second-order valence-corrected chi connectivity index (χ2v) is 7.87. The van der Waals surface area contributed by atoms with Crippen molar-refractivity contribution in [1.82, 2.24) is 9.78 Å². The number of carbonyl (C=O) groups excluding carboxylic acids is 1. The molecule has 0 unspecified atom stereocenters. The number of nitrogens with zero attached hydrogens (tertiary/aromatic N) is 2. The number of ether oxygens (including phenoxy) is 1. The van der Waals surface area contributed by atoms with Crippen LogP contribution in [0.5, 0.6) is 5.75 Å². The lowest BCUT2D eigenvalue weighted by atomic mass is 9.97. The standard InChI is InChI=1S/C23H23F3N4O3/c1-13(31)14-3-7-16(8-4-14)27-22(32)19-12-21-28-18(15-5-9-17(33-2)10-6-15)11-20(23(24,25)26)30(21)29-19/h3-10,12-13,18,20,28,31H,11H2,1-2H3,(H,27,32)/t13-,18+,20-/m0/s1. The Balaban J connectivity index is 1.59. The van der Waals surface area contributed by atoms with E-state index < -0.39 is 30.3 Å². The number of amides is 1. The molecule has 174 valence electrons. The molecule has 33 heavy (non-hydrogen) atoms. The third-order valence-electron chi connectivity index (χ3n) is 5.59. The highest BCUT2D eigenvalue weighted by atomic mass is 19.4. The summed E-state index contributed by atoms with van der Waals surface area (Å²) in [4.78, 5) is 12.7. The maximum absolute atomic E-state index is 13.9. The van der Waals surface area contributed by atoms with Crippen molar-refractivity contribution in [3.05, 3.63) is 71.4 Å². The fourth-order valence-electron chi connectivity index (χ4n) is 3.78. The average molecular weight is 460 g/mol. The van der Waals surface area contributed by atoms with Crippen molar-refractivity contribution in [3.63, 3.8) is 0 Å². The zero-order valence-electron chi connectivity index (χ0n) is 17.9. The highest BCUT2D eigenvalue weighted by Crippen LogP contribution is 2.43. The number of hydrogen-bond donors (Lipinski definition) is 3. The fraction of sp³-hybridized carbons (Fsp3) is 0.304. The number of methoxy groups -OCH3 is 1. The molecule has 3 atom stereocenters. The molecule has 0 aliphatic carbocycles. The number of aliphatic hydroxyl groups is 1. The number of anilines is 2. The maximum atomic E-state index is 13.9. The summed E-state index contributed by atoms with van der Waals surface area (Å²) in [6.45, 7) is 1.62. The van der Waals surface area contributed by atoms with Gasteiger partial charge in [0.25, 0.3) is 5.91 Å². The van der Waals surface area contributed by atoms with E-state index in [9.17, 15) is 23.1 Å². The monoisotopic (exact) mass is 460 g/mol. The van der Waals surface area contributed by atoms with Crippen molar-refractivity contribution in [3.8, 4) is 5.75 Å². The first-order valence-electron chi connectivity index (χ1n) is 10.3. The molecule has 1 aromatic heterocycles. The molecule has 2 heterocycles. The highest BCUT2D eigenvalue weighted by molar-refractivity contribution is 6.03. The Hall–Kier alpha value is -3.53. The Morgan fingerprint density at radius 2 is 1.88 bits per heavy atom. The molecule has 3 N–H and O–H groups in total. The van der Waals surface area contributed by atoms with Crippen LogP contribution in [0.1, 0.15) is 53.1 Å². The van der Waals surface area contributed by atoms with Crippen LogP contribution in [0.3, 0.4) is 0 Å². The van der Waals surface area contributed by atoms with Gasteiger partial charge in [-0.2, -0.15) is 18.3 Å². The van der Waals surface area contributed by atoms with Crippen LogP contribution in [0.2, 0.25) is 0 Å². The van der Waals surface area contributed by atoms with Crippen LogP contribution in [0.4, 0.5) is 24.7 Å². The van der Waals surface area contributed by atoms with Crippen molar-refractivity contribution in [2.75, 3.05) is 17.7 Å². The van der Waals surface area contributed by atoms with Crippen LogP contribution in [0.25, 0.3) is 0 Å². The number of nitrogens with one attached hydrogen (secondary N) is 2. The lowest BCUT2D eigenvalue weighted by Crippen LogP contribution is -2.35. The second kappa shape index (κ2) is 8.78. The lowest BCUT2D eigenvalue weighted by Gasteiger charge is -2.33. The van der Waals surface area contributed by atoms with Gasteiger partial charge in [-0.15, -0.1) is 0 Å². The molecule has 0 bridgehead atoms. The molecule has 0 saturated carbocycles. The van der Waals surface area contributed by atoms with Crippen LogP contribution in [0, 0.1) is 0 Å². The van der Waals surface area contributed by atoms with Gasteiger partial charge in [0.15, 0.2) is 11.7 Å². The summed E-state index contributed by atoms with van der Waals surface area (Å²) in [6, 6.07) is 12.1. The third-order valence-corrected chi connectivity index (χ3v) is 5.59. The van der Waals surface area contributed by atoms with E-state index in [-0.39, 0.29) is 17.9 Å². The molecule has 4 rings (SSSR count). The molecule has 1 amide bonds. The quantitative estimate of drug-likeness (QED) is 0.506. The molecule has 0 spiro atoms. The topological polar surface area (TPSA) is 88.4 Å². The Bertz CT molecular complexity index is 1130. The van der Waals surface area contributed by atoms with Crippen molar-refractivity contribution >= 4 is 17.4 Å².